The fourth-order valence-corrected chi connectivity index (χ4v) is 7.74. The third kappa shape index (κ3) is 6.82. The van der Waals surface area contributed by atoms with Crippen molar-refractivity contribution in [2.24, 2.45) is 28.9 Å². The van der Waals surface area contributed by atoms with Gasteiger partial charge in [0.2, 0.25) is 17.7 Å². The van der Waals surface area contributed by atoms with Crippen molar-refractivity contribution in [2.45, 2.75) is 88.8 Å². The highest BCUT2D eigenvalue weighted by Crippen LogP contribution is 2.59. The first-order valence-electron chi connectivity index (χ1n) is 16.4. The molecular formula is C33H41N7O8. The van der Waals surface area contributed by atoms with Gasteiger partial charge in [0.05, 0.1) is 12.5 Å². The predicted molar refractivity (Wildman–Crippen MR) is 169 cm³/mol. The van der Waals surface area contributed by atoms with Crippen molar-refractivity contribution in [3.63, 3.8) is 0 Å². The zero-order chi connectivity index (χ0) is 34.2. The Hall–Kier alpha value is -4.66. The zero-order valence-corrected chi connectivity index (χ0v) is 27.0. The SMILES string of the molecule is COC(=O)/C=C/CC[C@H](NC(=O)c1nc(C2(C)CC2)no1)C(=O)Nc1cccn(CC(=O)NC(=O)C23CC4CC(C2)C(N)C(C4)C3)c1=O. The van der Waals surface area contributed by atoms with Gasteiger partial charge in [0.15, 0.2) is 5.82 Å². The number of aromatic nitrogens is 3. The summed E-state index contributed by atoms with van der Waals surface area (Å²) in [6, 6.07) is 1.78. The zero-order valence-electron chi connectivity index (χ0n) is 27.0. The highest BCUT2D eigenvalue weighted by atomic mass is 16.5. The molecule has 0 aromatic carbocycles. The van der Waals surface area contributed by atoms with E-state index >= 15 is 0 Å². The lowest BCUT2D eigenvalue weighted by atomic mass is 9.48. The number of amides is 4. The largest absolute Gasteiger partial charge is 0.466 e. The number of nitrogens with one attached hydrogen (secondary N) is 3. The van der Waals surface area contributed by atoms with Crippen LogP contribution in [0.25, 0.3) is 0 Å². The van der Waals surface area contributed by atoms with Crippen LogP contribution in [0.5, 0.6) is 0 Å². The van der Waals surface area contributed by atoms with E-state index in [1.165, 1.54) is 37.6 Å². The molecule has 2 unspecified atom stereocenters. The fraction of sp³-hybridized carbons (Fsp3) is 0.576. The number of carbonyl (C=O) groups excluding carboxylic acids is 5. The van der Waals surface area contributed by atoms with Gasteiger partial charge < -0.3 is 30.2 Å². The molecule has 0 radical (unpaired) electrons. The number of pyridine rings is 1. The summed E-state index contributed by atoms with van der Waals surface area (Å²) < 4.78 is 10.8. The molecule has 3 atom stereocenters. The number of allylic oxidation sites excluding steroid dienone is 1. The Bertz CT molecular complexity index is 1690. The van der Waals surface area contributed by atoms with Gasteiger partial charge in [0.1, 0.15) is 18.3 Å². The maximum atomic E-state index is 13.4. The second-order valence-corrected chi connectivity index (χ2v) is 14.1. The number of hydrogen-bond donors (Lipinski definition) is 4. The molecule has 2 heterocycles. The van der Waals surface area contributed by atoms with E-state index in [4.69, 9.17) is 10.3 Å². The summed E-state index contributed by atoms with van der Waals surface area (Å²) in [4.78, 5) is 81.7. The van der Waals surface area contributed by atoms with Gasteiger partial charge in [0.25, 0.3) is 5.56 Å². The summed E-state index contributed by atoms with van der Waals surface area (Å²) in [7, 11) is 1.23. The number of imide groups is 1. The Morgan fingerprint density at radius 3 is 2.58 bits per heavy atom. The Kier molecular flexibility index (Phi) is 9.07. The summed E-state index contributed by atoms with van der Waals surface area (Å²) in [5, 5.41) is 11.5. The quantitative estimate of drug-likeness (QED) is 0.188. The van der Waals surface area contributed by atoms with Gasteiger partial charge in [0, 0.05) is 23.7 Å². The summed E-state index contributed by atoms with van der Waals surface area (Å²) >= 11 is 0. The summed E-state index contributed by atoms with van der Waals surface area (Å²) in [5.41, 5.74) is 4.76. The van der Waals surface area contributed by atoms with Crippen molar-refractivity contribution in [3.8, 4) is 0 Å². The number of rotatable bonds is 12. The molecule has 48 heavy (non-hydrogen) atoms. The van der Waals surface area contributed by atoms with Crippen LogP contribution in [0.2, 0.25) is 0 Å². The van der Waals surface area contributed by atoms with Crippen molar-refractivity contribution >= 4 is 35.3 Å². The average molecular weight is 664 g/mol. The van der Waals surface area contributed by atoms with Crippen LogP contribution in [0, 0.1) is 23.2 Å². The molecule has 2 aromatic heterocycles. The molecule has 5 fully saturated rings. The van der Waals surface area contributed by atoms with Crippen LogP contribution in [0.3, 0.4) is 0 Å². The van der Waals surface area contributed by atoms with Crippen LogP contribution in [-0.4, -0.2) is 63.5 Å². The summed E-state index contributed by atoms with van der Waals surface area (Å²) in [6.07, 6.45) is 10.2. The van der Waals surface area contributed by atoms with E-state index in [-0.39, 0.29) is 53.6 Å². The normalized spacial score (nSPS) is 26.9. The van der Waals surface area contributed by atoms with Gasteiger partial charge in [-0.2, -0.15) is 4.98 Å². The highest BCUT2D eigenvalue weighted by Gasteiger charge is 2.57. The smallest absolute Gasteiger partial charge is 0.330 e. The van der Waals surface area contributed by atoms with E-state index in [9.17, 15) is 28.8 Å². The molecule has 5 saturated carbocycles. The molecule has 5 aliphatic carbocycles. The van der Waals surface area contributed by atoms with Gasteiger partial charge in [-0.15, -0.1) is 0 Å². The average Bonchev–Trinajstić information content (AvgIpc) is 3.59. The molecule has 15 nitrogen and oxygen atoms in total. The molecule has 5 N–H and O–H groups in total. The first kappa shape index (κ1) is 33.2. The van der Waals surface area contributed by atoms with Gasteiger partial charge >= 0.3 is 17.8 Å². The number of carbonyl (C=O) groups is 5. The van der Waals surface area contributed by atoms with Crippen molar-refractivity contribution < 1.29 is 33.2 Å². The maximum Gasteiger partial charge on any atom is 0.330 e. The van der Waals surface area contributed by atoms with Gasteiger partial charge in [-0.1, -0.05) is 18.2 Å². The third-order valence-corrected chi connectivity index (χ3v) is 10.5. The number of nitrogens with zero attached hydrogens (tertiary/aromatic N) is 3. The minimum absolute atomic E-state index is 0.0462. The van der Waals surface area contributed by atoms with Crippen LogP contribution >= 0.6 is 0 Å². The van der Waals surface area contributed by atoms with E-state index in [0.717, 1.165) is 36.7 Å². The van der Waals surface area contributed by atoms with Gasteiger partial charge in [-0.3, -0.25) is 29.3 Å². The van der Waals surface area contributed by atoms with Crippen molar-refractivity contribution in [2.75, 3.05) is 12.4 Å². The second-order valence-electron chi connectivity index (χ2n) is 14.1. The topological polar surface area (TPSA) is 218 Å². The van der Waals surface area contributed by atoms with E-state index in [0.29, 0.717) is 24.6 Å². The molecule has 7 rings (SSSR count). The molecule has 2 aromatic rings. The maximum absolute atomic E-state index is 13.4. The first-order valence-corrected chi connectivity index (χ1v) is 16.4. The number of nitrogens with two attached hydrogens (primary N) is 1. The second kappa shape index (κ2) is 13.1. The summed E-state index contributed by atoms with van der Waals surface area (Å²) in [6.45, 7) is 1.52. The Labute approximate surface area is 276 Å². The third-order valence-electron chi connectivity index (χ3n) is 10.5. The first-order chi connectivity index (χ1) is 22.9. The lowest BCUT2D eigenvalue weighted by molar-refractivity contribution is -0.151. The van der Waals surface area contributed by atoms with E-state index in [2.05, 4.69) is 30.8 Å². The monoisotopic (exact) mass is 663 g/mol. The van der Waals surface area contributed by atoms with Crippen LogP contribution < -0.4 is 27.2 Å². The van der Waals surface area contributed by atoms with E-state index in [1.807, 2.05) is 6.92 Å². The lowest BCUT2D eigenvalue weighted by Crippen LogP contribution is -2.61. The minimum atomic E-state index is -1.17. The molecule has 256 valence electrons. The molecule has 15 heteroatoms. The fourth-order valence-electron chi connectivity index (χ4n) is 7.74. The summed E-state index contributed by atoms with van der Waals surface area (Å²) in [5.74, 6) is -1.90. The minimum Gasteiger partial charge on any atom is -0.466 e. The van der Waals surface area contributed by atoms with Gasteiger partial charge in [-0.05, 0) is 87.7 Å². The number of esters is 1. The Balaban J connectivity index is 1.10. The predicted octanol–water partition coefficient (Wildman–Crippen LogP) is 1.33. The standard InChI is InChI=1S/C33H41N7O8/c1-32(9-10-32)30-38-28(48-39-30)27(44)35-21(6-3-4-8-24(42)47-2)26(43)36-22-7-5-11-40(29(22)45)17-23(41)37-31(46)33-14-18-12-19(15-33)25(34)20(13-18)16-33/h4-5,7-8,11,18-21,25H,3,6,9-10,12-17,34H2,1-2H3,(H,35,44)(H,36,43)(H,37,41,46)/b8-4+/t18?,19?,20?,21-,25?,33?/m0/s1. The van der Waals surface area contributed by atoms with Crippen LogP contribution in [0.4, 0.5) is 5.69 Å². The lowest BCUT2D eigenvalue weighted by Gasteiger charge is -2.58. The van der Waals surface area contributed by atoms with Gasteiger partial charge in [-0.25, -0.2) is 4.79 Å². The van der Waals surface area contributed by atoms with Crippen LogP contribution in [0.1, 0.15) is 81.2 Å². The number of hydrogen-bond acceptors (Lipinski definition) is 11. The molecule has 4 bridgehead atoms. The highest BCUT2D eigenvalue weighted by molar-refractivity contribution is 6.00. The number of ether oxygens (including phenoxy) is 1. The Morgan fingerprint density at radius 1 is 1.17 bits per heavy atom. The van der Waals surface area contributed by atoms with E-state index in [1.54, 1.807) is 0 Å². The molecule has 0 aliphatic heterocycles. The van der Waals surface area contributed by atoms with Crippen molar-refractivity contribution in [3.05, 3.63) is 52.6 Å². The number of methoxy groups -OCH3 is 1. The molecule has 0 saturated heterocycles. The molecular weight excluding hydrogens is 622 g/mol. The number of anilines is 1. The Morgan fingerprint density at radius 2 is 1.90 bits per heavy atom. The molecule has 5 aliphatic rings. The van der Waals surface area contributed by atoms with E-state index < -0.39 is 47.3 Å². The van der Waals surface area contributed by atoms with Crippen LogP contribution in [-0.2, 0) is 35.9 Å². The molecule has 4 amide bonds. The van der Waals surface area contributed by atoms with Crippen molar-refractivity contribution in [1.29, 1.82) is 0 Å². The van der Waals surface area contributed by atoms with Crippen molar-refractivity contribution in [1.82, 2.24) is 25.3 Å². The molecule has 0 spiro atoms. The van der Waals surface area contributed by atoms with Crippen LogP contribution in [0.15, 0.2) is 39.8 Å².